The summed E-state index contributed by atoms with van der Waals surface area (Å²) in [5.41, 5.74) is 3.18. The van der Waals surface area contributed by atoms with Gasteiger partial charge in [-0.2, -0.15) is 5.26 Å². The van der Waals surface area contributed by atoms with Gasteiger partial charge in [-0.05, 0) is 49.2 Å². The summed E-state index contributed by atoms with van der Waals surface area (Å²) in [6.07, 6.45) is 0.653. The Morgan fingerprint density at radius 2 is 1.78 bits per heavy atom. The molecule has 162 valence electrons. The van der Waals surface area contributed by atoms with E-state index in [9.17, 15) is 24.0 Å². The number of nitrogens with zero attached hydrogens (tertiary/aromatic N) is 2. The van der Waals surface area contributed by atoms with Gasteiger partial charge in [0.25, 0.3) is 5.91 Å². The highest BCUT2D eigenvalue weighted by atomic mass is 19.1. The van der Waals surface area contributed by atoms with E-state index in [0.29, 0.717) is 29.5 Å². The van der Waals surface area contributed by atoms with Crippen molar-refractivity contribution in [3.8, 4) is 6.07 Å². The predicted molar refractivity (Wildman–Crippen MR) is 115 cm³/mol. The van der Waals surface area contributed by atoms with Crippen LogP contribution in [-0.2, 0) is 16.1 Å². The molecule has 0 fully saturated rings. The van der Waals surface area contributed by atoms with Crippen molar-refractivity contribution in [3.63, 3.8) is 0 Å². The van der Waals surface area contributed by atoms with Gasteiger partial charge in [0.1, 0.15) is 24.0 Å². The Hall–Kier alpha value is -4.25. The van der Waals surface area contributed by atoms with Crippen LogP contribution in [0.15, 0.2) is 48.5 Å². The number of hydrogen-bond donors (Lipinski definition) is 1. The molecule has 0 aliphatic heterocycles. The molecular weight excluding hydrogens is 413 g/mol. The minimum atomic E-state index is -0.716. The molecule has 2 aromatic carbocycles. The number of rotatable bonds is 7. The molecule has 0 saturated heterocycles. The molecule has 0 saturated carbocycles. The van der Waals surface area contributed by atoms with Crippen LogP contribution in [0.25, 0.3) is 0 Å². The van der Waals surface area contributed by atoms with Crippen LogP contribution in [0, 0.1) is 31.0 Å². The summed E-state index contributed by atoms with van der Waals surface area (Å²) in [7, 11) is 0. The number of aromatic nitrogens is 1. The van der Waals surface area contributed by atoms with Crippen molar-refractivity contribution in [2.75, 3.05) is 11.9 Å². The number of ether oxygens (including phenoxy) is 1. The van der Waals surface area contributed by atoms with Crippen molar-refractivity contribution < 1.29 is 23.5 Å². The van der Waals surface area contributed by atoms with Gasteiger partial charge in [-0.3, -0.25) is 9.59 Å². The Morgan fingerprint density at radius 3 is 2.38 bits per heavy atom. The minimum Gasteiger partial charge on any atom is -0.452 e. The zero-order valence-corrected chi connectivity index (χ0v) is 17.5. The molecule has 0 spiro atoms. The third-order valence-electron chi connectivity index (χ3n) is 5.07. The van der Waals surface area contributed by atoms with Crippen LogP contribution in [0.1, 0.15) is 43.1 Å². The molecule has 1 heterocycles. The standard InChI is InChI=1S/C24H20FN3O4/c1-15-16(2)28(12-17-5-9-20(25)10-6-17)23(21(15)11-26)27-22(30)14-32-24(31)19-7-3-18(13-29)4-8-19/h3-10,13H,12,14H2,1-2H3,(H,27,30). The molecule has 0 bridgehead atoms. The summed E-state index contributed by atoms with van der Waals surface area (Å²) >= 11 is 0. The average molecular weight is 433 g/mol. The van der Waals surface area contributed by atoms with Crippen molar-refractivity contribution in [2.24, 2.45) is 0 Å². The second-order valence-electron chi connectivity index (χ2n) is 7.12. The Bertz CT molecular complexity index is 1210. The third kappa shape index (κ3) is 4.90. The molecular formula is C24H20FN3O4. The first-order valence-electron chi connectivity index (χ1n) is 9.70. The highest BCUT2D eigenvalue weighted by Gasteiger charge is 2.20. The maximum atomic E-state index is 13.2. The molecule has 0 atom stereocenters. The Labute approximate surface area is 184 Å². The molecule has 3 aromatic rings. The molecule has 32 heavy (non-hydrogen) atoms. The van der Waals surface area contributed by atoms with Gasteiger partial charge in [-0.25, -0.2) is 9.18 Å². The van der Waals surface area contributed by atoms with Crippen LogP contribution in [0.3, 0.4) is 0 Å². The molecule has 7 nitrogen and oxygen atoms in total. The number of anilines is 1. The SMILES string of the molecule is Cc1c(C#N)c(NC(=O)COC(=O)c2ccc(C=O)cc2)n(Cc2ccc(F)cc2)c1C. The average Bonchev–Trinajstić information content (AvgIpc) is 3.02. The van der Waals surface area contributed by atoms with Gasteiger partial charge in [0.05, 0.1) is 11.1 Å². The largest absolute Gasteiger partial charge is 0.452 e. The Balaban J connectivity index is 1.75. The Kier molecular flexibility index (Phi) is 6.80. The number of amides is 1. The lowest BCUT2D eigenvalue weighted by Gasteiger charge is -2.13. The van der Waals surface area contributed by atoms with Crippen molar-refractivity contribution in [3.05, 3.63) is 87.9 Å². The molecule has 0 aliphatic carbocycles. The maximum Gasteiger partial charge on any atom is 0.338 e. The zero-order valence-electron chi connectivity index (χ0n) is 17.5. The van der Waals surface area contributed by atoms with E-state index in [0.717, 1.165) is 11.3 Å². The summed E-state index contributed by atoms with van der Waals surface area (Å²) in [4.78, 5) is 35.3. The predicted octanol–water partition coefficient (Wildman–Crippen LogP) is 3.77. The Morgan fingerprint density at radius 1 is 1.12 bits per heavy atom. The van der Waals surface area contributed by atoms with Crippen LogP contribution in [0.4, 0.5) is 10.2 Å². The number of nitrogens with one attached hydrogen (secondary N) is 1. The number of carbonyl (C=O) groups is 3. The van der Waals surface area contributed by atoms with E-state index < -0.39 is 18.5 Å². The van der Waals surface area contributed by atoms with E-state index in [-0.39, 0.29) is 17.2 Å². The highest BCUT2D eigenvalue weighted by Crippen LogP contribution is 2.27. The summed E-state index contributed by atoms with van der Waals surface area (Å²) < 4.78 is 20.0. The number of aldehydes is 1. The van der Waals surface area contributed by atoms with Crippen LogP contribution < -0.4 is 5.32 Å². The monoisotopic (exact) mass is 433 g/mol. The summed E-state index contributed by atoms with van der Waals surface area (Å²) in [5, 5.41) is 12.2. The summed E-state index contributed by atoms with van der Waals surface area (Å²) in [5.74, 6) is -1.41. The molecule has 1 N–H and O–H groups in total. The normalized spacial score (nSPS) is 10.3. The lowest BCUT2D eigenvalue weighted by molar-refractivity contribution is -0.119. The molecule has 1 amide bonds. The van der Waals surface area contributed by atoms with E-state index in [1.54, 1.807) is 23.6 Å². The van der Waals surface area contributed by atoms with Crippen LogP contribution >= 0.6 is 0 Å². The molecule has 3 rings (SSSR count). The van der Waals surface area contributed by atoms with Gasteiger partial charge < -0.3 is 14.6 Å². The molecule has 0 unspecified atom stereocenters. The van der Waals surface area contributed by atoms with E-state index in [1.807, 2.05) is 6.92 Å². The van der Waals surface area contributed by atoms with E-state index >= 15 is 0 Å². The molecule has 0 radical (unpaired) electrons. The molecule has 0 aliphatic rings. The smallest absolute Gasteiger partial charge is 0.338 e. The fourth-order valence-electron chi connectivity index (χ4n) is 3.18. The first-order valence-corrected chi connectivity index (χ1v) is 9.70. The van der Waals surface area contributed by atoms with Crippen LogP contribution in [0.2, 0.25) is 0 Å². The molecule has 8 heteroatoms. The number of halogens is 1. The van der Waals surface area contributed by atoms with Gasteiger partial charge in [-0.1, -0.05) is 24.3 Å². The van der Waals surface area contributed by atoms with Crippen molar-refractivity contribution in [1.82, 2.24) is 4.57 Å². The maximum absolute atomic E-state index is 13.2. The van der Waals surface area contributed by atoms with Gasteiger partial charge in [0.2, 0.25) is 0 Å². The number of carbonyl (C=O) groups excluding carboxylic acids is 3. The minimum absolute atomic E-state index is 0.201. The number of benzene rings is 2. The second kappa shape index (κ2) is 9.71. The second-order valence-corrected chi connectivity index (χ2v) is 7.12. The fraction of sp³-hybridized carbons (Fsp3) is 0.167. The number of nitriles is 1. The zero-order chi connectivity index (χ0) is 23.3. The summed E-state index contributed by atoms with van der Waals surface area (Å²) in [6, 6.07) is 13.8. The van der Waals surface area contributed by atoms with Crippen molar-refractivity contribution >= 4 is 24.0 Å². The molecule has 1 aromatic heterocycles. The first-order chi connectivity index (χ1) is 15.3. The first kappa shape index (κ1) is 22.4. The van der Waals surface area contributed by atoms with E-state index in [1.165, 1.54) is 36.4 Å². The number of hydrogen-bond acceptors (Lipinski definition) is 5. The number of esters is 1. The van der Waals surface area contributed by atoms with Gasteiger partial charge >= 0.3 is 5.97 Å². The van der Waals surface area contributed by atoms with Crippen molar-refractivity contribution in [1.29, 1.82) is 5.26 Å². The lowest BCUT2D eigenvalue weighted by Crippen LogP contribution is -2.23. The van der Waals surface area contributed by atoms with Gasteiger partial charge in [-0.15, -0.1) is 0 Å². The van der Waals surface area contributed by atoms with E-state index in [4.69, 9.17) is 4.74 Å². The lowest BCUT2D eigenvalue weighted by atomic mass is 10.1. The fourth-order valence-corrected chi connectivity index (χ4v) is 3.18. The van der Waals surface area contributed by atoms with Gasteiger partial charge in [0.15, 0.2) is 6.61 Å². The highest BCUT2D eigenvalue weighted by molar-refractivity contribution is 5.96. The third-order valence-corrected chi connectivity index (χ3v) is 5.07. The summed E-state index contributed by atoms with van der Waals surface area (Å²) in [6.45, 7) is 3.35. The quantitative estimate of drug-likeness (QED) is 0.451. The van der Waals surface area contributed by atoms with Crippen LogP contribution in [0.5, 0.6) is 0 Å². The van der Waals surface area contributed by atoms with E-state index in [2.05, 4.69) is 11.4 Å². The van der Waals surface area contributed by atoms with Crippen molar-refractivity contribution in [2.45, 2.75) is 20.4 Å². The van der Waals surface area contributed by atoms with Crippen LogP contribution in [-0.4, -0.2) is 29.3 Å². The van der Waals surface area contributed by atoms with Gasteiger partial charge in [0, 0.05) is 17.8 Å². The topological polar surface area (TPSA) is 101 Å².